The van der Waals surface area contributed by atoms with E-state index in [1.165, 1.54) is 0 Å². The second-order valence-electron chi connectivity index (χ2n) is 7.40. The lowest BCUT2D eigenvalue weighted by atomic mass is 9.90. The topological polar surface area (TPSA) is 63.3 Å². The maximum absolute atomic E-state index is 12.8. The maximum Gasteiger partial charge on any atom is 0.251 e. The molecule has 1 aromatic heterocycles. The number of ether oxygens (including phenoxy) is 2. The standard InChI is InChI=1S/C26H25BrN2O3/c1-3-32-24-13-10-18(14-25(24)31-2)21(22-16-28-23-7-5-4-6-20(22)23)15-29-26(30)17-8-11-19(27)12-9-17/h4-14,16,21,28H,3,15H2,1-2H3,(H,29,30)/t21-/m1/s1. The van der Waals surface area contributed by atoms with Crippen LogP contribution in [0.25, 0.3) is 10.9 Å². The molecule has 1 amide bonds. The molecule has 0 aliphatic carbocycles. The van der Waals surface area contributed by atoms with E-state index in [4.69, 9.17) is 9.47 Å². The Bertz CT molecular complexity index is 1220. The van der Waals surface area contributed by atoms with Gasteiger partial charge in [-0.25, -0.2) is 0 Å². The molecule has 0 saturated carbocycles. The van der Waals surface area contributed by atoms with Crippen LogP contribution >= 0.6 is 15.9 Å². The summed E-state index contributed by atoms with van der Waals surface area (Å²) in [5, 5.41) is 4.24. The van der Waals surface area contributed by atoms with Gasteiger partial charge < -0.3 is 19.8 Å². The molecule has 32 heavy (non-hydrogen) atoms. The number of amides is 1. The number of para-hydroxylation sites is 1. The summed E-state index contributed by atoms with van der Waals surface area (Å²) in [5.74, 6) is 1.19. The second-order valence-corrected chi connectivity index (χ2v) is 8.32. The first-order valence-electron chi connectivity index (χ1n) is 10.5. The van der Waals surface area contributed by atoms with Crippen LogP contribution in [-0.4, -0.2) is 31.2 Å². The van der Waals surface area contributed by atoms with Gasteiger partial charge in [0.05, 0.1) is 13.7 Å². The van der Waals surface area contributed by atoms with Crippen molar-refractivity contribution in [1.29, 1.82) is 0 Å². The zero-order valence-corrected chi connectivity index (χ0v) is 19.6. The Hall–Kier alpha value is -3.25. The van der Waals surface area contributed by atoms with Gasteiger partial charge in [0.2, 0.25) is 0 Å². The number of H-pyrrole nitrogens is 1. The molecular weight excluding hydrogens is 468 g/mol. The van der Waals surface area contributed by atoms with Crippen molar-refractivity contribution in [3.8, 4) is 11.5 Å². The van der Waals surface area contributed by atoms with Crippen molar-refractivity contribution in [3.63, 3.8) is 0 Å². The summed E-state index contributed by atoms with van der Waals surface area (Å²) in [5.41, 5.74) is 3.83. The van der Waals surface area contributed by atoms with Crippen LogP contribution in [0.5, 0.6) is 11.5 Å². The number of carbonyl (C=O) groups is 1. The monoisotopic (exact) mass is 492 g/mol. The number of hydrogen-bond acceptors (Lipinski definition) is 3. The predicted molar refractivity (Wildman–Crippen MR) is 131 cm³/mol. The fourth-order valence-electron chi connectivity index (χ4n) is 3.86. The van der Waals surface area contributed by atoms with Gasteiger partial charge in [-0.2, -0.15) is 0 Å². The second kappa shape index (κ2) is 9.92. The van der Waals surface area contributed by atoms with Crippen LogP contribution in [0.3, 0.4) is 0 Å². The van der Waals surface area contributed by atoms with E-state index in [1.54, 1.807) is 19.2 Å². The van der Waals surface area contributed by atoms with E-state index in [2.05, 4.69) is 38.4 Å². The number of aromatic nitrogens is 1. The molecule has 1 atom stereocenters. The number of halogens is 1. The molecule has 0 saturated heterocycles. The summed E-state index contributed by atoms with van der Waals surface area (Å²) in [4.78, 5) is 16.2. The normalized spacial score (nSPS) is 11.8. The van der Waals surface area contributed by atoms with E-state index in [-0.39, 0.29) is 11.8 Å². The van der Waals surface area contributed by atoms with E-state index < -0.39 is 0 Å². The van der Waals surface area contributed by atoms with Crippen LogP contribution < -0.4 is 14.8 Å². The van der Waals surface area contributed by atoms with Gasteiger partial charge in [0, 0.05) is 39.6 Å². The maximum atomic E-state index is 12.8. The zero-order chi connectivity index (χ0) is 22.5. The molecule has 5 nitrogen and oxygen atoms in total. The van der Waals surface area contributed by atoms with Crippen molar-refractivity contribution in [3.05, 3.63) is 94.1 Å². The van der Waals surface area contributed by atoms with Crippen LogP contribution in [0.4, 0.5) is 0 Å². The molecule has 164 valence electrons. The summed E-state index contributed by atoms with van der Waals surface area (Å²) in [6.45, 7) is 2.94. The average Bonchev–Trinajstić information content (AvgIpc) is 3.24. The number of carbonyl (C=O) groups excluding carboxylic acids is 1. The Balaban J connectivity index is 1.69. The minimum Gasteiger partial charge on any atom is -0.493 e. The quantitative estimate of drug-likeness (QED) is 0.321. The van der Waals surface area contributed by atoms with E-state index in [9.17, 15) is 4.79 Å². The van der Waals surface area contributed by atoms with Gasteiger partial charge in [0.1, 0.15) is 0 Å². The molecule has 0 unspecified atom stereocenters. The number of aromatic amines is 1. The van der Waals surface area contributed by atoms with Crippen molar-refractivity contribution >= 4 is 32.7 Å². The lowest BCUT2D eigenvalue weighted by Gasteiger charge is -2.20. The highest BCUT2D eigenvalue weighted by Gasteiger charge is 2.21. The first-order valence-corrected chi connectivity index (χ1v) is 11.3. The molecule has 3 aromatic carbocycles. The van der Waals surface area contributed by atoms with Gasteiger partial charge in [0.25, 0.3) is 5.91 Å². The van der Waals surface area contributed by atoms with Gasteiger partial charge in [-0.3, -0.25) is 4.79 Å². The zero-order valence-electron chi connectivity index (χ0n) is 18.0. The number of hydrogen-bond donors (Lipinski definition) is 2. The van der Waals surface area contributed by atoms with Crippen molar-refractivity contribution in [2.75, 3.05) is 20.3 Å². The molecule has 4 aromatic rings. The van der Waals surface area contributed by atoms with Gasteiger partial charge in [0.15, 0.2) is 11.5 Å². The third kappa shape index (κ3) is 4.65. The highest BCUT2D eigenvalue weighted by molar-refractivity contribution is 9.10. The Kier molecular flexibility index (Phi) is 6.81. The lowest BCUT2D eigenvalue weighted by molar-refractivity contribution is 0.0952. The first kappa shape index (κ1) is 22.0. The Morgan fingerprint density at radius 3 is 2.59 bits per heavy atom. The number of nitrogens with one attached hydrogen (secondary N) is 2. The summed E-state index contributed by atoms with van der Waals surface area (Å²) < 4.78 is 12.2. The fourth-order valence-corrected chi connectivity index (χ4v) is 4.13. The van der Waals surface area contributed by atoms with Crippen molar-refractivity contribution in [1.82, 2.24) is 10.3 Å². The molecule has 1 heterocycles. The van der Waals surface area contributed by atoms with Gasteiger partial charge in [-0.1, -0.05) is 40.2 Å². The van der Waals surface area contributed by atoms with Crippen molar-refractivity contribution < 1.29 is 14.3 Å². The molecule has 6 heteroatoms. The fraction of sp³-hybridized carbons (Fsp3) is 0.192. The molecule has 0 aliphatic rings. The predicted octanol–water partition coefficient (Wildman–Crippen LogP) is 5.90. The summed E-state index contributed by atoms with van der Waals surface area (Å²) in [7, 11) is 1.64. The van der Waals surface area contributed by atoms with E-state index in [0.29, 0.717) is 30.2 Å². The van der Waals surface area contributed by atoms with E-state index in [1.807, 2.05) is 55.6 Å². The van der Waals surface area contributed by atoms with Crippen LogP contribution in [-0.2, 0) is 0 Å². The molecule has 0 spiro atoms. The number of methoxy groups -OCH3 is 1. The molecular formula is C26H25BrN2O3. The molecule has 0 bridgehead atoms. The molecule has 0 aliphatic heterocycles. The summed E-state index contributed by atoms with van der Waals surface area (Å²) in [6.07, 6.45) is 2.02. The summed E-state index contributed by atoms with van der Waals surface area (Å²) in [6, 6.07) is 21.5. The SMILES string of the molecule is CCOc1ccc([C@@H](CNC(=O)c2ccc(Br)cc2)c2c[nH]c3ccccc23)cc1OC. The first-order chi connectivity index (χ1) is 15.6. The van der Waals surface area contributed by atoms with Crippen LogP contribution in [0.1, 0.15) is 34.3 Å². The Morgan fingerprint density at radius 2 is 1.84 bits per heavy atom. The molecule has 2 N–H and O–H groups in total. The van der Waals surface area contributed by atoms with Crippen LogP contribution in [0, 0.1) is 0 Å². The Labute approximate surface area is 195 Å². The number of fused-ring (bicyclic) bond motifs is 1. The smallest absolute Gasteiger partial charge is 0.251 e. The van der Waals surface area contributed by atoms with Crippen LogP contribution in [0.15, 0.2) is 77.4 Å². The molecule has 0 radical (unpaired) electrons. The van der Waals surface area contributed by atoms with E-state index >= 15 is 0 Å². The molecule has 0 fully saturated rings. The number of rotatable bonds is 8. The largest absolute Gasteiger partial charge is 0.493 e. The summed E-state index contributed by atoms with van der Waals surface area (Å²) >= 11 is 3.41. The third-order valence-corrected chi connectivity index (χ3v) is 5.99. The third-order valence-electron chi connectivity index (χ3n) is 5.46. The number of benzene rings is 3. The van der Waals surface area contributed by atoms with Gasteiger partial charge >= 0.3 is 0 Å². The van der Waals surface area contributed by atoms with Gasteiger partial charge in [-0.15, -0.1) is 0 Å². The highest BCUT2D eigenvalue weighted by Crippen LogP contribution is 2.36. The minimum absolute atomic E-state index is 0.0740. The van der Waals surface area contributed by atoms with Crippen molar-refractivity contribution in [2.45, 2.75) is 12.8 Å². The molecule has 4 rings (SSSR count). The lowest BCUT2D eigenvalue weighted by Crippen LogP contribution is -2.28. The highest BCUT2D eigenvalue weighted by atomic mass is 79.9. The minimum atomic E-state index is -0.111. The van der Waals surface area contributed by atoms with Crippen molar-refractivity contribution in [2.24, 2.45) is 0 Å². The van der Waals surface area contributed by atoms with Crippen LogP contribution in [0.2, 0.25) is 0 Å². The van der Waals surface area contributed by atoms with E-state index in [0.717, 1.165) is 26.5 Å². The Morgan fingerprint density at radius 1 is 1.06 bits per heavy atom. The average molecular weight is 493 g/mol. The van der Waals surface area contributed by atoms with Gasteiger partial charge in [-0.05, 0) is 60.5 Å².